The van der Waals surface area contributed by atoms with Gasteiger partial charge in [0, 0.05) is 11.6 Å². The Kier molecular flexibility index (Phi) is 5.59. The van der Waals surface area contributed by atoms with Gasteiger partial charge in [-0.3, -0.25) is 0 Å². The second kappa shape index (κ2) is 8.54. The molecule has 1 nitrogen and oxygen atoms in total. The Bertz CT molecular complexity index is 1270. The van der Waals surface area contributed by atoms with Gasteiger partial charge in [0.25, 0.3) is 0 Å². The molecule has 1 aliphatic carbocycles. The zero-order valence-electron chi connectivity index (χ0n) is 19.9. The number of rotatable bonds is 3. The highest BCUT2D eigenvalue weighted by Crippen LogP contribution is 2.37. The Morgan fingerprint density at radius 1 is 0.750 bits per heavy atom. The average molecular weight is 421 g/mol. The molecule has 0 aliphatic heterocycles. The van der Waals surface area contributed by atoms with Crippen LogP contribution in [0.25, 0.3) is 33.2 Å². The third kappa shape index (κ3) is 3.75. The maximum atomic E-state index is 2.45. The number of aryl methyl sites for hydroxylation is 4. The van der Waals surface area contributed by atoms with Crippen molar-refractivity contribution in [3.8, 4) is 22.4 Å². The fraction of sp³-hybridized carbons (Fsp3) is 0.323. The Morgan fingerprint density at radius 2 is 1.50 bits per heavy atom. The van der Waals surface area contributed by atoms with Crippen LogP contribution >= 0.6 is 0 Å². The summed E-state index contributed by atoms with van der Waals surface area (Å²) in [5.41, 5.74) is 10.8. The molecule has 0 radical (unpaired) electrons. The van der Waals surface area contributed by atoms with Gasteiger partial charge in [0.1, 0.15) is 7.05 Å². The van der Waals surface area contributed by atoms with Crippen LogP contribution in [-0.2, 0) is 7.05 Å². The lowest BCUT2D eigenvalue weighted by Gasteiger charge is -2.22. The SMILES string of the molecule is Cc1cc(-c2c(C)cccc2C)ccc1-c1c2ccc(C3CCCCC3)cc2cc[n+]1C. The van der Waals surface area contributed by atoms with Gasteiger partial charge in [-0.25, -0.2) is 4.57 Å². The first kappa shape index (κ1) is 20.9. The normalized spacial score (nSPS) is 14.8. The molecule has 0 unspecified atom stereocenters. The maximum Gasteiger partial charge on any atom is 0.220 e. The molecule has 1 aromatic heterocycles. The van der Waals surface area contributed by atoms with Gasteiger partial charge < -0.3 is 0 Å². The fourth-order valence-electron chi connectivity index (χ4n) is 5.77. The largest absolute Gasteiger partial charge is 0.220 e. The van der Waals surface area contributed by atoms with E-state index < -0.39 is 0 Å². The lowest BCUT2D eigenvalue weighted by atomic mass is 9.83. The highest BCUT2D eigenvalue weighted by atomic mass is 14.9. The van der Waals surface area contributed by atoms with Crippen LogP contribution in [0.3, 0.4) is 0 Å². The molecule has 1 heteroatoms. The van der Waals surface area contributed by atoms with Crippen molar-refractivity contribution in [2.75, 3.05) is 0 Å². The minimum atomic E-state index is 0.740. The van der Waals surface area contributed by atoms with E-state index in [9.17, 15) is 0 Å². The molecule has 0 N–H and O–H groups in total. The first-order chi connectivity index (χ1) is 15.5. The molecule has 0 spiro atoms. The van der Waals surface area contributed by atoms with Crippen LogP contribution in [0.4, 0.5) is 0 Å². The van der Waals surface area contributed by atoms with E-state index in [-0.39, 0.29) is 0 Å². The van der Waals surface area contributed by atoms with Gasteiger partial charge in [0.2, 0.25) is 5.69 Å². The van der Waals surface area contributed by atoms with Gasteiger partial charge in [-0.2, -0.15) is 0 Å². The van der Waals surface area contributed by atoms with Gasteiger partial charge in [-0.05, 0) is 90.4 Å². The summed E-state index contributed by atoms with van der Waals surface area (Å²) in [6.45, 7) is 6.67. The van der Waals surface area contributed by atoms with Gasteiger partial charge >= 0.3 is 0 Å². The van der Waals surface area contributed by atoms with Crippen LogP contribution in [0.1, 0.15) is 60.3 Å². The van der Waals surface area contributed by atoms with Crippen molar-refractivity contribution >= 4 is 10.8 Å². The molecule has 162 valence electrons. The van der Waals surface area contributed by atoms with E-state index in [0.717, 1.165) is 5.92 Å². The first-order valence-corrected chi connectivity index (χ1v) is 12.1. The Hall–Kier alpha value is -2.93. The molecule has 0 amide bonds. The summed E-state index contributed by atoms with van der Waals surface area (Å²) in [6.07, 6.45) is 9.07. The van der Waals surface area contributed by atoms with Gasteiger partial charge in [-0.15, -0.1) is 0 Å². The molecule has 1 heterocycles. The van der Waals surface area contributed by atoms with E-state index >= 15 is 0 Å². The minimum Gasteiger partial charge on any atom is -0.200 e. The summed E-state index contributed by atoms with van der Waals surface area (Å²) in [6, 6.07) is 23.0. The summed E-state index contributed by atoms with van der Waals surface area (Å²) < 4.78 is 2.28. The monoisotopic (exact) mass is 420 g/mol. The average Bonchev–Trinajstić information content (AvgIpc) is 2.80. The van der Waals surface area contributed by atoms with E-state index in [2.05, 4.69) is 99.2 Å². The Balaban J connectivity index is 1.60. The zero-order chi connectivity index (χ0) is 22.2. The molecular weight excluding hydrogens is 386 g/mol. The molecule has 0 saturated heterocycles. The second-order valence-corrected chi connectivity index (χ2v) is 9.75. The van der Waals surface area contributed by atoms with E-state index in [0.29, 0.717) is 0 Å². The third-order valence-corrected chi connectivity index (χ3v) is 7.49. The van der Waals surface area contributed by atoms with E-state index in [1.54, 1.807) is 0 Å². The molecular formula is C31H34N+. The molecule has 1 aliphatic rings. The highest BCUT2D eigenvalue weighted by Gasteiger charge is 2.20. The van der Waals surface area contributed by atoms with Crippen molar-refractivity contribution in [2.24, 2.45) is 7.05 Å². The van der Waals surface area contributed by atoms with Crippen LogP contribution in [0.5, 0.6) is 0 Å². The number of hydrogen-bond donors (Lipinski definition) is 0. The smallest absolute Gasteiger partial charge is 0.200 e. The Labute approximate surface area is 192 Å². The predicted octanol–water partition coefficient (Wildman–Crippen LogP) is 7.97. The molecule has 1 fully saturated rings. The van der Waals surface area contributed by atoms with Gasteiger partial charge in [0.15, 0.2) is 6.20 Å². The number of pyridine rings is 1. The summed E-state index contributed by atoms with van der Waals surface area (Å²) in [4.78, 5) is 0. The highest BCUT2D eigenvalue weighted by molar-refractivity contribution is 5.94. The van der Waals surface area contributed by atoms with Crippen LogP contribution in [0.2, 0.25) is 0 Å². The van der Waals surface area contributed by atoms with Crippen molar-refractivity contribution in [3.05, 3.63) is 89.1 Å². The zero-order valence-corrected chi connectivity index (χ0v) is 19.9. The summed E-state index contributed by atoms with van der Waals surface area (Å²) >= 11 is 0. The predicted molar refractivity (Wildman–Crippen MR) is 136 cm³/mol. The standard InChI is InChI=1S/C31H34N/c1-21-9-8-10-22(2)30(21)27-14-15-28(23(3)19-27)31-29-16-13-25(24-11-6-5-7-12-24)20-26(29)17-18-32(31)4/h8-10,13-20,24H,5-7,11-12H2,1-4H3/q+1. The van der Waals surface area contributed by atoms with Crippen molar-refractivity contribution < 1.29 is 4.57 Å². The summed E-state index contributed by atoms with van der Waals surface area (Å²) in [5.74, 6) is 0.740. The minimum absolute atomic E-state index is 0.740. The number of hydrogen-bond acceptors (Lipinski definition) is 0. The van der Waals surface area contributed by atoms with Crippen molar-refractivity contribution in [1.29, 1.82) is 0 Å². The fourth-order valence-corrected chi connectivity index (χ4v) is 5.77. The van der Waals surface area contributed by atoms with Crippen molar-refractivity contribution in [2.45, 2.75) is 58.8 Å². The number of benzene rings is 3. The van der Waals surface area contributed by atoms with Crippen LogP contribution in [0.15, 0.2) is 66.9 Å². The molecule has 0 bridgehead atoms. The van der Waals surface area contributed by atoms with Crippen LogP contribution < -0.4 is 4.57 Å². The summed E-state index contributed by atoms with van der Waals surface area (Å²) in [5, 5.41) is 2.71. The van der Waals surface area contributed by atoms with Crippen LogP contribution in [0, 0.1) is 20.8 Å². The second-order valence-electron chi connectivity index (χ2n) is 9.75. The van der Waals surface area contributed by atoms with E-state index in [1.165, 1.54) is 87.5 Å². The third-order valence-electron chi connectivity index (χ3n) is 7.49. The maximum absolute atomic E-state index is 2.45. The lowest BCUT2D eigenvalue weighted by molar-refractivity contribution is -0.659. The first-order valence-electron chi connectivity index (χ1n) is 12.1. The molecule has 5 rings (SSSR count). The molecule has 3 aromatic carbocycles. The summed E-state index contributed by atoms with van der Waals surface area (Å²) in [7, 11) is 2.17. The topological polar surface area (TPSA) is 3.88 Å². The Morgan fingerprint density at radius 3 is 2.22 bits per heavy atom. The quantitative estimate of drug-likeness (QED) is 0.296. The van der Waals surface area contributed by atoms with E-state index in [1.807, 2.05) is 0 Å². The molecule has 4 aromatic rings. The van der Waals surface area contributed by atoms with Gasteiger partial charge in [-0.1, -0.05) is 61.7 Å². The lowest BCUT2D eigenvalue weighted by Crippen LogP contribution is -2.30. The van der Waals surface area contributed by atoms with Crippen LogP contribution in [-0.4, -0.2) is 0 Å². The molecule has 32 heavy (non-hydrogen) atoms. The molecule has 0 atom stereocenters. The van der Waals surface area contributed by atoms with Crippen molar-refractivity contribution in [3.63, 3.8) is 0 Å². The number of aromatic nitrogens is 1. The molecule has 1 saturated carbocycles. The number of nitrogens with zero attached hydrogens (tertiary/aromatic N) is 1. The number of fused-ring (bicyclic) bond motifs is 1. The van der Waals surface area contributed by atoms with E-state index in [4.69, 9.17) is 0 Å². The van der Waals surface area contributed by atoms with Gasteiger partial charge in [0.05, 0.1) is 5.39 Å². The van der Waals surface area contributed by atoms with Crippen molar-refractivity contribution in [1.82, 2.24) is 0 Å².